The van der Waals surface area contributed by atoms with Crippen molar-refractivity contribution in [2.75, 3.05) is 7.05 Å². The van der Waals surface area contributed by atoms with Gasteiger partial charge in [0.25, 0.3) is 0 Å². The van der Waals surface area contributed by atoms with E-state index in [-0.39, 0.29) is 53.9 Å². The van der Waals surface area contributed by atoms with Gasteiger partial charge in [-0.2, -0.15) is 13.2 Å². The number of hydrogen-bond acceptors (Lipinski definition) is 2. The normalized spacial score (nSPS) is 15.2. The van der Waals surface area contributed by atoms with Crippen molar-refractivity contribution >= 4 is 29.9 Å². The number of hydrogen-bond donors (Lipinski definition) is 1. The molecule has 136 valence electrons. The molecule has 0 atom stereocenters. The van der Waals surface area contributed by atoms with Crippen molar-refractivity contribution in [2.24, 2.45) is 10.7 Å². The molecule has 4 nitrogen and oxygen atoms in total. The summed E-state index contributed by atoms with van der Waals surface area (Å²) in [5.41, 5.74) is 5.18. The Hall–Kier alpha value is -1.19. The van der Waals surface area contributed by atoms with Crippen LogP contribution in [0.15, 0.2) is 23.2 Å². The lowest BCUT2D eigenvalue weighted by atomic mass is 10.1. The Morgan fingerprint density at radius 3 is 2.50 bits per heavy atom. The highest BCUT2D eigenvalue weighted by Crippen LogP contribution is 2.35. The Labute approximate surface area is 157 Å². The third-order valence-corrected chi connectivity index (χ3v) is 3.63. The molecule has 2 N–H and O–H groups in total. The molecule has 0 saturated heterocycles. The van der Waals surface area contributed by atoms with E-state index in [1.165, 1.54) is 12.1 Å². The third kappa shape index (κ3) is 5.71. The fraction of sp³-hybridized carbons (Fsp3) is 0.562. The van der Waals surface area contributed by atoms with E-state index >= 15 is 0 Å². The van der Waals surface area contributed by atoms with Gasteiger partial charge in [-0.1, -0.05) is 6.07 Å². The van der Waals surface area contributed by atoms with Crippen molar-refractivity contribution in [3.63, 3.8) is 0 Å². The van der Waals surface area contributed by atoms with Crippen LogP contribution in [-0.4, -0.2) is 30.1 Å². The minimum atomic E-state index is -4.46. The predicted molar refractivity (Wildman–Crippen MR) is 98.7 cm³/mol. The monoisotopic (exact) mass is 457 g/mol. The summed E-state index contributed by atoms with van der Waals surface area (Å²) in [7, 11) is 1.81. The molecule has 1 fully saturated rings. The maximum atomic E-state index is 13.2. The van der Waals surface area contributed by atoms with E-state index in [4.69, 9.17) is 10.5 Å². The highest BCUT2D eigenvalue weighted by atomic mass is 127. The summed E-state index contributed by atoms with van der Waals surface area (Å²) in [6, 6.07) is 4.31. The molecule has 1 saturated carbocycles. The van der Waals surface area contributed by atoms with Crippen molar-refractivity contribution in [1.29, 1.82) is 0 Å². The van der Waals surface area contributed by atoms with Crippen LogP contribution in [0.2, 0.25) is 0 Å². The van der Waals surface area contributed by atoms with Gasteiger partial charge in [0.15, 0.2) is 5.96 Å². The molecular weight excluding hydrogens is 434 g/mol. The summed E-state index contributed by atoms with van der Waals surface area (Å²) in [4.78, 5) is 5.91. The molecule has 8 heteroatoms. The Morgan fingerprint density at radius 2 is 2.00 bits per heavy atom. The fourth-order valence-electron chi connectivity index (χ4n) is 2.23. The molecular formula is C16H23F3IN3O. The molecule has 1 aromatic carbocycles. The number of rotatable bonds is 5. The topological polar surface area (TPSA) is 50.9 Å². The molecule has 0 aromatic heterocycles. The predicted octanol–water partition coefficient (Wildman–Crippen LogP) is 4.02. The maximum absolute atomic E-state index is 13.2. The zero-order valence-corrected chi connectivity index (χ0v) is 16.3. The van der Waals surface area contributed by atoms with Gasteiger partial charge in [-0.3, -0.25) is 0 Å². The average molecular weight is 457 g/mol. The molecule has 1 aliphatic carbocycles. The molecule has 0 bridgehead atoms. The molecule has 1 aromatic rings. The Bertz CT molecular complexity index is 586. The van der Waals surface area contributed by atoms with Crippen molar-refractivity contribution < 1.29 is 17.9 Å². The molecule has 2 rings (SSSR count). The van der Waals surface area contributed by atoms with Gasteiger partial charge in [0.2, 0.25) is 0 Å². The standard InChI is InChI=1S/C16H22F3N3O.HI/c1-10(2)23-13-7-4-11(14(8-13)16(17,18)19)9-21-15(20)22(3)12-5-6-12;/h4,7-8,10,12H,5-6,9H2,1-3H3,(H2,20,21);1H. The summed E-state index contributed by atoms with van der Waals surface area (Å²) in [5, 5.41) is 0. The summed E-state index contributed by atoms with van der Waals surface area (Å²) in [6.45, 7) is 3.42. The molecule has 24 heavy (non-hydrogen) atoms. The smallest absolute Gasteiger partial charge is 0.416 e. The molecule has 1 aliphatic rings. The van der Waals surface area contributed by atoms with E-state index < -0.39 is 11.7 Å². The van der Waals surface area contributed by atoms with Gasteiger partial charge < -0.3 is 15.4 Å². The second-order valence-electron chi connectivity index (χ2n) is 6.00. The Morgan fingerprint density at radius 1 is 1.38 bits per heavy atom. The van der Waals surface area contributed by atoms with E-state index in [1.807, 2.05) is 4.90 Å². The number of benzene rings is 1. The van der Waals surface area contributed by atoms with E-state index in [0.717, 1.165) is 18.9 Å². The van der Waals surface area contributed by atoms with Crippen LogP contribution in [0.4, 0.5) is 13.2 Å². The maximum Gasteiger partial charge on any atom is 0.416 e. The zero-order valence-electron chi connectivity index (χ0n) is 13.9. The van der Waals surface area contributed by atoms with Gasteiger partial charge in [0, 0.05) is 13.1 Å². The highest BCUT2D eigenvalue weighted by molar-refractivity contribution is 14.0. The Kier molecular flexibility index (Phi) is 7.18. The van der Waals surface area contributed by atoms with Crippen LogP contribution in [0.3, 0.4) is 0 Å². The van der Waals surface area contributed by atoms with Crippen LogP contribution < -0.4 is 10.5 Å². The SMILES string of the molecule is CC(C)Oc1ccc(CN=C(N)N(C)C2CC2)c(C(F)(F)F)c1.I. The second kappa shape index (κ2) is 8.26. The number of ether oxygens (including phenoxy) is 1. The average Bonchev–Trinajstić information content (AvgIpc) is 3.27. The van der Waals surface area contributed by atoms with Crippen LogP contribution in [0.5, 0.6) is 5.75 Å². The number of guanidine groups is 1. The third-order valence-electron chi connectivity index (χ3n) is 3.63. The molecule has 0 spiro atoms. The molecule has 0 aliphatic heterocycles. The van der Waals surface area contributed by atoms with Crippen LogP contribution in [0, 0.1) is 0 Å². The lowest BCUT2D eigenvalue weighted by Crippen LogP contribution is -2.35. The molecule has 0 radical (unpaired) electrons. The lowest BCUT2D eigenvalue weighted by molar-refractivity contribution is -0.138. The summed E-state index contributed by atoms with van der Waals surface area (Å²) >= 11 is 0. The highest BCUT2D eigenvalue weighted by Gasteiger charge is 2.34. The minimum Gasteiger partial charge on any atom is -0.491 e. The summed E-state index contributed by atoms with van der Waals surface area (Å²) in [5.74, 6) is 0.464. The van der Waals surface area contributed by atoms with Crippen molar-refractivity contribution in [2.45, 2.75) is 51.6 Å². The second-order valence-corrected chi connectivity index (χ2v) is 6.00. The van der Waals surface area contributed by atoms with Gasteiger partial charge in [-0.05, 0) is 44.4 Å². The van der Waals surface area contributed by atoms with E-state index in [2.05, 4.69) is 4.99 Å². The molecule has 0 unspecified atom stereocenters. The first-order valence-corrected chi connectivity index (χ1v) is 7.58. The minimum absolute atomic E-state index is 0. The first kappa shape index (κ1) is 20.9. The number of halogens is 4. The fourth-order valence-corrected chi connectivity index (χ4v) is 2.23. The van der Waals surface area contributed by atoms with Crippen molar-refractivity contribution in [3.05, 3.63) is 29.3 Å². The van der Waals surface area contributed by atoms with Crippen LogP contribution in [0.25, 0.3) is 0 Å². The first-order chi connectivity index (χ1) is 10.7. The number of nitrogens with zero attached hydrogens (tertiary/aromatic N) is 2. The van der Waals surface area contributed by atoms with Gasteiger partial charge in [0.1, 0.15) is 5.75 Å². The lowest BCUT2D eigenvalue weighted by Gasteiger charge is -2.18. The Balaban J connectivity index is 0.00000288. The van der Waals surface area contributed by atoms with Gasteiger partial charge >= 0.3 is 6.18 Å². The van der Waals surface area contributed by atoms with Gasteiger partial charge in [-0.15, -0.1) is 24.0 Å². The molecule has 0 amide bonds. The number of alkyl halides is 3. The zero-order chi connectivity index (χ0) is 17.2. The van der Waals surface area contributed by atoms with Crippen LogP contribution in [-0.2, 0) is 12.7 Å². The summed E-state index contributed by atoms with van der Waals surface area (Å²) in [6.07, 6.45) is -2.56. The van der Waals surface area contributed by atoms with Crippen LogP contribution in [0.1, 0.15) is 37.8 Å². The van der Waals surface area contributed by atoms with Crippen molar-refractivity contribution in [1.82, 2.24) is 4.90 Å². The van der Waals surface area contributed by atoms with E-state index in [9.17, 15) is 13.2 Å². The number of aliphatic imine (C=N–C) groups is 1. The first-order valence-electron chi connectivity index (χ1n) is 7.58. The van der Waals surface area contributed by atoms with Crippen molar-refractivity contribution in [3.8, 4) is 5.75 Å². The quantitative estimate of drug-likeness (QED) is 0.413. The van der Waals surface area contributed by atoms with E-state index in [1.54, 1.807) is 20.9 Å². The summed E-state index contributed by atoms with van der Waals surface area (Å²) < 4.78 is 45.1. The van der Waals surface area contributed by atoms with Gasteiger partial charge in [-0.25, -0.2) is 4.99 Å². The number of nitrogens with two attached hydrogens (primary N) is 1. The van der Waals surface area contributed by atoms with E-state index in [0.29, 0.717) is 6.04 Å². The van der Waals surface area contributed by atoms with Gasteiger partial charge in [0.05, 0.1) is 18.2 Å². The largest absolute Gasteiger partial charge is 0.491 e. The molecule has 0 heterocycles. The van der Waals surface area contributed by atoms with Crippen LogP contribution >= 0.6 is 24.0 Å².